The van der Waals surface area contributed by atoms with E-state index >= 15 is 0 Å². The molecule has 1 aromatic rings. The minimum Gasteiger partial charge on any atom is -0.368 e. The number of hydrogen-bond donors (Lipinski definition) is 2. The molecule has 0 fully saturated rings. The van der Waals surface area contributed by atoms with Crippen molar-refractivity contribution in [3.05, 3.63) is 17.5 Å². The Hall–Kier alpha value is -1.36. The fourth-order valence-corrected chi connectivity index (χ4v) is 2.11. The number of carbonyl (C=O) groups is 1. The normalized spacial score (nSPS) is 16.3. The van der Waals surface area contributed by atoms with Gasteiger partial charge in [0.15, 0.2) is 0 Å². The second-order valence-corrected chi connectivity index (χ2v) is 5.11. The number of aromatic nitrogens is 2. The van der Waals surface area contributed by atoms with E-state index in [0.717, 1.165) is 18.5 Å². The second kappa shape index (κ2) is 5.52. The zero-order chi connectivity index (χ0) is 13.9. The van der Waals surface area contributed by atoms with Crippen LogP contribution in [0.4, 0.5) is 0 Å². The summed E-state index contributed by atoms with van der Waals surface area (Å²) in [5.41, 5.74) is 12.5. The van der Waals surface area contributed by atoms with Crippen molar-refractivity contribution >= 4 is 5.91 Å². The van der Waals surface area contributed by atoms with Gasteiger partial charge in [-0.3, -0.25) is 9.48 Å². The van der Waals surface area contributed by atoms with Gasteiger partial charge in [0, 0.05) is 5.69 Å². The van der Waals surface area contributed by atoms with Crippen molar-refractivity contribution in [2.45, 2.75) is 58.5 Å². The third kappa shape index (κ3) is 3.10. The average molecular weight is 252 g/mol. The molecule has 18 heavy (non-hydrogen) atoms. The zero-order valence-corrected chi connectivity index (χ0v) is 11.7. The Bertz CT molecular complexity index is 423. The zero-order valence-electron chi connectivity index (χ0n) is 11.7. The third-order valence-corrected chi connectivity index (χ3v) is 3.29. The van der Waals surface area contributed by atoms with Gasteiger partial charge >= 0.3 is 0 Å². The van der Waals surface area contributed by atoms with Crippen molar-refractivity contribution < 1.29 is 4.79 Å². The summed E-state index contributed by atoms with van der Waals surface area (Å²) in [6, 6.07) is 2.16. The van der Waals surface area contributed by atoms with Crippen LogP contribution >= 0.6 is 0 Å². The Balaban J connectivity index is 2.93. The molecule has 0 radical (unpaired) electrons. The van der Waals surface area contributed by atoms with E-state index in [9.17, 15) is 4.79 Å². The van der Waals surface area contributed by atoms with Crippen molar-refractivity contribution in [2.75, 3.05) is 0 Å². The van der Waals surface area contributed by atoms with Crippen molar-refractivity contribution in [1.82, 2.24) is 9.78 Å². The highest BCUT2D eigenvalue weighted by Crippen LogP contribution is 2.21. The largest absolute Gasteiger partial charge is 0.368 e. The van der Waals surface area contributed by atoms with Gasteiger partial charge in [0.1, 0.15) is 0 Å². The molecule has 102 valence electrons. The van der Waals surface area contributed by atoms with Crippen LogP contribution in [-0.4, -0.2) is 21.2 Å². The summed E-state index contributed by atoms with van der Waals surface area (Å²) in [7, 11) is 0. The van der Waals surface area contributed by atoms with E-state index in [1.165, 1.54) is 5.69 Å². The lowest BCUT2D eigenvalue weighted by atomic mass is 9.94. The summed E-state index contributed by atoms with van der Waals surface area (Å²) in [5.74, 6) is -0.477. The molecule has 5 heteroatoms. The first-order valence-corrected chi connectivity index (χ1v) is 6.47. The molecular formula is C13H24N4O. The van der Waals surface area contributed by atoms with Gasteiger partial charge in [-0.1, -0.05) is 13.8 Å². The Morgan fingerprint density at radius 3 is 2.56 bits per heavy atom. The van der Waals surface area contributed by atoms with Crippen LogP contribution in [0.25, 0.3) is 0 Å². The number of carbonyl (C=O) groups excluding carboxylic acids is 1. The number of primary amides is 1. The maximum atomic E-state index is 11.3. The number of hydrogen-bond acceptors (Lipinski definition) is 3. The van der Waals surface area contributed by atoms with Gasteiger partial charge in [0.25, 0.3) is 0 Å². The number of nitrogens with zero attached hydrogens (tertiary/aromatic N) is 2. The third-order valence-electron chi connectivity index (χ3n) is 3.29. The van der Waals surface area contributed by atoms with E-state index in [1.54, 1.807) is 6.92 Å². The van der Waals surface area contributed by atoms with Crippen LogP contribution in [0.3, 0.4) is 0 Å². The summed E-state index contributed by atoms with van der Waals surface area (Å²) in [6.07, 6.45) is 2.30. The van der Waals surface area contributed by atoms with E-state index in [1.807, 2.05) is 11.6 Å². The van der Waals surface area contributed by atoms with Crippen molar-refractivity contribution in [3.8, 4) is 0 Å². The molecule has 5 nitrogen and oxygen atoms in total. The summed E-state index contributed by atoms with van der Waals surface area (Å²) in [5, 5.41) is 4.55. The lowest BCUT2D eigenvalue weighted by Crippen LogP contribution is -2.50. The van der Waals surface area contributed by atoms with Crippen molar-refractivity contribution in [3.63, 3.8) is 0 Å². The molecule has 2 unspecified atom stereocenters. The van der Waals surface area contributed by atoms with Crippen molar-refractivity contribution in [1.29, 1.82) is 0 Å². The molecule has 0 aliphatic carbocycles. The predicted octanol–water partition coefficient (Wildman–Crippen LogP) is 1.16. The Morgan fingerprint density at radius 2 is 2.11 bits per heavy atom. The molecule has 0 saturated carbocycles. The lowest BCUT2D eigenvalue weighted by molar-refractivity contribution is -0.123. The van der Waals surface area contributed by atoms with Crippen molar-refractivity contribution in [2.24, 2.45) is 11.5 Å². The summed E-state index contributed by atoms with van der Waals surface area (Å²) >= 11 is 0. The summed E-state index contributed by atoms with van der Waals surface area (Å²) in [4.78, 5) is 11.3. The highest BCUT2D eigenvalue weighted by molar-refractivity contribution is 5.83. The Kier molecular flexibility index (Phi) is 4.51. The highest BCUT2D eigenvalue weighted by atomic mass is 16.1. The number of nitrogens with two attached hydrogens (primary N) is 2. The van der Waals surface area contributed by atoms with Crippen LogP contribution < -0.4 is 11.5 Å². The summed E-state index contributed by atoms with van der Waals surface area (Å²) in [6.45, 7) is 7.85. The monoisotopic (exact) mass is 252 g/mol. The highest BCUT2D eigenvalue weighted by Gasteiger charge is 2.29. The van der Waals surface area contributed by atoms with Gasteiger partial charge in [0.05, 0.1) is 17.3 Å². The number of aryl methyl sites for hydroxylation is 2. The molecule has 1 amide bonds. The van der Waals surface area contributed by atoms with E-state index in [0.29, 0.717) is 6.42 Å². The van der Waals surface area contributed by atoms with Gasteiger partial charge in [-0.15, -0.1) is 0 Å². The van der Waals surface area contributed by atoms with Crippen LogP contribution in [0.5, 0.6) is 0 Å². The SMILES string of the molecule is CCc1cc(CC)n(C(C)CC(C)(N)C(N)=O)n1. The molecule has 1 rings (SSSR count). The topological polar surface area (TPSA) is 86.9 Å². The molecule has 4 N–H and O–H groups in total. The maximum Gasteiger partial charge on any atom is 0.237 e. The average Bonchev–Trinajstić information content (AvgIpc) is 2.71. The molecular weight excluding hydrogens is 228 g/mol. The van der Waals surface area contributed by atoms with Gasteiger partial charge in [-0.05, 0) is 39.2 Å². The van der Waals surface area contributed by atoms with E-state index < -0.39 is 11.4 Å². The first kappa shape index (κ1) is 14.7. The van der Waals surface area contributed by atoms with Gasteiger partial charge < -0.3 is 11.5 Å². The fourth-order valence-electron chi connectivity index (χ4n) is 2.11. The second-order valence-electron chi connectivity index (χ2n) is 5.11. The Morgan fingerprint density at radius 1 is 1.50 bits per heavy atom. The van der Waals surface area contributed by atoms with Crippen LogP contribution in [-0.2, 0) is 17.6 Å². The molecule has 0 aliphatic heterocycles. The summed E-state index contributed by atoms with van der Waals surface area (Å²) < 4.78 is 1.97. The first-order chi connectivity index (χ1) is 8.31. The molecule has 2 atom stereocenters. The minimum atomic E-state index is -0.997. The number of rotatable bonds is 6. The Labute approximate surface area is 109 Å². The first-order valence-electron chi connectivity index (χ1n) is 6.47. The van der Waals surface area contributed by atoms with E-state index in [4.69, 9.17) is 11.5 Å². The van der Waals surface area contributed by atoms with Crippen LogP contribution in [0.2, 0.25) is 0 Å². The fraction of sp³-hybridized carbons (Fsp3) is 0.692. The molecule has 0 saturated heterocycles. The van der Waals surface area contributed by atoms with Crippen LogP contribution in [0.1, 0.15) is 51.5 Å². The molecule has 0 spiro atoms. The molecule has 1 aromatic heterocycles. The standard InChI is InChI=1S/C13H24N4O/c1-5-10-7-11(6-2)17(16-10)9(3)8-13(4,15)12(14)18/h7,9H,5-6,8,15H2,1-4H3,(H2,14,18). The lowest BCUT2D eigenvalue weighted by Gasteiger charge is -2.25. The molecule has 0 bridgehead atoms. The minimum absolute atomic E-state index is 0.0581. The smallest absolute Gasteiger partial charge is 0.237 e. The molecule has 0 aliphatic rings. The quantitative estimate of drug-likeness (QED) is 0.796. The molecule has 1 heterocycles. The maximum absolute atomic E-state index is 11.3. The van der Waals surface area contributed by atoms with Gasteiger partial charge in [0.2, 0.25) is 5.91 Å². The predicted molar refractivity (Wildman–Crippen MR) is 72.1 cm³/mol. The molecule has 0 aromatic carbocycles. The number of amides is 1. The van der Waals surface area contributed by atoms with Gasteiger partial charge in [-0.25, -0.2) is 0 Å². The van der Waals surface area contributed by atoms with Crippen LogP contribution in [0, 0.1) is 0 Å². The van der Waals surface area contributed by atoms with E-state index in [-0.39, 0.29) is 6.04 Å². The van der Waals surface area contributed by atoms with E-state index in [2.05, 4.69) is 25.0 Å². The van der Waals surface area contributed by atoms with Gasteiger partial charge in [-0.2, -0.15) is 5.10 Å². The van der Waals surface area contributed by atoms with Crippen LogP contribution in [0.15, 0.2) is 6.07 Å².